The molecule has 2 saturated carbocycles. The summed E-state index contributed by atoms with van der Waals surface area (Å²) in [5.74, 6) is -0.535. The largest absolute Gasteiger partial charge is 0.490 e. The zero-order valence-corrected chi connectivity index (χ0v) is 20.2. The molecule has 2 N–H and O–H groups in total. The molecule has 2 aliphatic carbocycles. The van der Waals surface area contributed by atoms with Gasteiger partial charge in [0.05, 0.1) is 12.7 Å². The lowest BCUT2D eigenvalue weighted by Crippen LogP contribution is -2.34. The topological polar surface area (TPSA) is 76.0 Å². The van der Waals surface area contributed by atoms with Gasteiger partial charge in [-0.05, 0) is 66.3 Å². The maximum atomic E-state index is 14.1. The van der Waals surface area contributed by atoms with Gasteiger partial charge in [-0.15, -0.1) is 0 Å². The Morgan fingerprint density at radius 2 is 1.74 bits per heavy atom. The third-order valence-electron chi connectivity index (χ3n) is 7.55. The van der Waals surface area contributed by atoms with Crippen LogP contribution in [0.3, 0.4) is 0 Å². The van der Waals surface area contributed by atoms with Crippen molar-refractivity contribution in [3.05, 3.63) is 41.5 Å². The summed E-state index contributed by atoms with van der Waals surface area (Å²) in [4.78, 5) is 17.8. The molecule has 0 amide bonds. The minimum Gasteiger partial charge on any atom is -0.490 e. The van der Waals surface area contributed by atoms with Crippen molar-refractivity contribution in [2.24, 2.45) is 5.41 Å². The van der Waals surface area contributed by atoms with Gasteiger partial charge in [-0.3, -0.25) is 4.52 Å². The molecule has 2 aromatic rings. The molecule has 0 heterocycles. The van der Waals surface area contributed by atoms with E-state index in [-0.39, 0.29) is 23.8 Å². The number of benzene rings is 2. The van der Waals surface area contributed by atoms with Crippen molar-refractivity contribution < 1.29 is 36.8 Å². The van der Waals surface area contributed by atoms with Gasteiger partial charge in [0.1, 0.15) is 11.3 Å². The Morgan fingerprint density at radius 3 is 2.35 bits per heavy atom. The Morgan fingerprint density at radius 1 is 1.06 bits per heavy atom. The van der Waals surface area contributed by atoms with E-state index >= 15 is 0 Å². The Balaban J connectivity index is 1.55. The summed E-state index contributed by atoms with van der Waals surface area (Å²) in [6.45, 7) is 1.45. The molecule has 0 saturated heterocycles. The van der Waals surface area contributed by atoms with Crippen molar-refractivity contribution in [3.8, 4) is 5.75 Å². The molecule has 5 nitrogen and oxygen atoms in total. The Labute approximate surface area is 197 Å². The number of phosphoric acid groups is 1. The molecule has 2 fully saturated rings. The molecule has 2 aromatic carbocycles. The first-order valence-electron chi connectivity index (χ1n) is 12.0. The summed E-state index contributed by atoms with van der Waals surface area (Å²) < 4.78 is 63.9. The van der Waals surface area contributed by atoms with E-state index in [1.807, 2.05) is 0 Å². The van der Waals surface area contributed by atoms with E-state index in [0.29, 0.717) is 16.4 Å². The number of alkyl halides is 3. The first-order chi connectivity index (χ1) is 16.0. The van der Waals surface area contributed by atoms with E-state index in [2.05, 4.69) is 4.52 Å². The van der Waals surface area contributed by atoms with Crippen LogP contribution < -0.4 is 4.74 Å². The highest BCUT2D eigenvalue weighted by atomic mass is 31.2. The molecule has 1 atom stereocenters. The van der Waals surface area contributed by atoms with E-state index < -0.39 is 25.5 Å². The lowest BCUT2D eigenvalue weighted by atomic mass is 9.65. The van der Waals surface area contributed by atoms with Crippen LogP contribution in [-0.4, -0.2) is 22.5 Å². The molecule has 34 heavy (non-hydrogen) atoms. The fraction of sp³-hybridized carbons (Fsp3) is 0.600. The molecule has 0 aromatic heterocycles. The number of fused-ring (bicyclic) bond motifs is 1. The molecule has 2 aliphatic rings. The Bertz CT molecular complexity index is 1050. The highest BCUT2D eigenvalue weighted by Gasteiger charge is 2.40. The molecule has 188 valence electrons. The smallest absolute Gasteiger partial charge is 0.469 e. The van der Waals surface area contributed by atoms with Crippen molar-refractivity contribution >= 4 is 18.6 Å². The second-order valence-electron chi connectivity index (χ2n) is 9.98. The monoisotopic (exact) mass is 500 g/mol. The third-order valence-corrected chi connectivity index (χ3v) is 8.04. The molecular weight excluding hydrogens is 468 g/mol. The van der Waals surface area contributed by atoms with Crippen LogP contribution >= 0.6 is 7.82 Å². The van der Waals surface area contributed by atoms with Crippen LogP contribution in [0.5, 0.6) is 5.75 Å². The number of halogens is 3. The van der Waals surface area contributed by atoms with Gasteiger partial charge in [0.2, 0.25) is 0 Å². The normalized spacial score (nSPS) is 20.5. The second kappa shape index (κ2) is 9.81. The molecule has 0 aliphatic heterocycles. The minimum atomic E-state index is -4.62. The molecular formula is C25H32F3O5P. The quantitative estimate of drug-likeness (QED) is 0.406. The van der Waals surface area contributed by atoms with Crippen LogP contribution in [0.4, 0.5) is 13.2 Å². The predicted octanol–water partition coefficient (Wildman–Crippen LogP) is 7.34. The van der Waals surface area contributed by atoms with Crippen molar-refractivity contribution in [2.45, 2.75) is 82.9 Å². The molecule has 9 heteroatoms. The SMILES string of the molecule is C[C@@H](COP(=O)(O)O)c1ccc2c(C(F)(F)F)c(OC3CCC4(CCCCC4)CC3)ccc2c1. The second-order valence-corrected chi connectivity index (χ2v) is 11.2. The first kappa shape index (κ1) is 25.5. The summed E-state index contributed by atoms with van der Waals surface area (Å²) in [6.07, 6.45) is 5.05. The van der Waals surface area contributed by atoms with Gasteiger partial charge in [-0.2, -0.15) is 13.2 Å². The first-order valence-corrected chi connectivity index (χ1v) is 13.5. The standard InChI is InChI=1S/C25H32F3O5P/c1-17(16-32-34(29,30)31)18-5-7-21-19(15-18)6-8-22(23(21)25(26,27)28)33-20-9-13-24(14-10-20)11-3-2-4-12-24/h5-8,15,17,20H,2-4,9-14,16H2,1H3,(H2,29,30,31)/t17-/m0/s1. The predicted molar refractivity (Wildman–Crippen MR) is 124 cm³/mol. The maximum Gasteiger partial charge on any atom is 0.469 e. The molecule has 4 rings (SSSR count). The van der Waals surface area contributed by atoms with Crippen molar-refractivity contribution in [3.63, 3.8) is 0 Å². The van der Waals surface area contributed by atoms with Gasteiger partial charge >= 0.3 is 14.0 Å². The summed E-state index contributed by atoms with van der Waals surface area (Å²) in [5, 5.41) is 0.446. The molecule has 0 unspecified atom stereocenters. The van der Waals surface area contributed by atoms with E-state index in [1.165, 1.54) is 44.2 Å². The van der Waals surface area contributed by atoms with Gasteiger partial charge in [-0.1, -0.05) is 50.5 Å². The zero-order chi connectivity index (χ0) is 24.6. The van der Waals surface area contributed by atoms with Gasteiger partial charge in [-0.25, -0.2) is 4.57 Å². The van der Waals surface area contributed by atoms with Crippen molar-refractivity contribution in [2.75, 3.05) is 6.61 Å². The average Bonchev–Trinajstić information content (AvgIpc) is 2.78. The summed E-state index contributed by atoms with van der Waals surface area (Å²) in [7, 11) is -4.62. The molecule has 1 spiro atoms. The number of rotatable bonds is 6. The lowest BCUT2D eigenvalue weighted by molar-refractivity contribution is -0.138. The van der Waals surface area contributed by atoms with Gasteiger partial charge in [0.25, 0.3) is 0 Å². The van der Waals surface area contributed by atoms with E-state index in [4.69, 9.17) is 14.5 Å². The number of phosphoric ester groups is 1. The highest BCUT2D eigenvalue weighted by molar-refractivity contribution is 7.46. The lowest BCUT2D eigenvalue weighted by Gasteiger charge is -2.43. The van der Waals surface area contributed by atoms with Crippen LogP contribution in [0.15, 0.2) is 30.3 Å². The Kier molecular flexibility index (Phi) is 7.35. The summed E-state index contributed by atoms with van der Waals surface area (Å²) in [5.41, 5.74) is 0.228. The van der Waals surface area contributed by atoms with E-state index in [0.717, 1.165) is 25.7 Å². The average molecular weight is 500 g/mol. The molecule has 0 bridgehead atoms. The van der Waals surface area contributed by atoms with Crippen LogP contribution in [0.2, 0.25) is 0 Å². The number of hydrogen-bond acceptors (Lipinski definition) is 3. The van der Waals surface area contributed by atoms with Gasteiger partial charge in [0, 0.05) is 5.92 Å². The minimum absolute atomic E-state index is 0.0522. The highest BCUT2D eigenvalue weighted by Crippen LogP contribution is 2.49. The van der Waals surface area contributed by atoms with Crippen molar-refractivity contribution in [1.82, 2.24) is 0 Å². The van der Waals surface area contributed by atoms with Crippen LogP contribution in [0.25, 0.3) is 10.8 Å². The third kappa shape index (κ3) is 5.96. The van der Waals surface area contributed by atoms with E-state index in [9.17, 15) is 17.7 Å². The number of hydrogen-bond donors (Lipinski definition) is 2. The van der Waals surface area contributed by atoms with Crippen molar-refractivity contribution in [1.29, 1.82) is 0 Å². The van der Waals surface area contributed by atoms with Crippen LogP contribution in [-0.2, 0) is 15.3 Å². The zero-order valence-electron chi connectivity index (χ0n) is 19.3. The Hall–Kier alpha value is -1.60. The summed E-state index contributed by atoms with van der Waals surface area (Å²) >= 11 is 0. The maximum absolute atomic E-state index is 14.1. The molecule has 0 radical (unpaired) electrons. The number of ether oxygens (including phenoxy) is 1. The van der Waals surface area contributed by atoms with Gasteiger partial charge < -0.3 is 14.5 Å². The fourth-order valence-electron chi connectivity index (χ4n) is 5.63. The summed E-state index contributed by atoms with van der Waals surface area (Å²) in [6, 6.07) is 7.58. The van der Waals surface area contributed by atoms with Crippen LogP contribution in [0, 0.1) is 5.41 Å². The van der Waals surface area contributed by atoms with E-state index in [1.54, 1.807) is 25.1 Å². The fourth-order valence-corrected chi connectivity index (χ4v) is 6.05. The van der Waals surface area contributed by atoms with Gasteiger partial charge in [0.15, 0.2) is 0 Å². The van der Waals surface area contributed by atoms with Crippen LogP contribution in [0.1, 0.15) is 81.8 Å².